The van der Waals surface area contributed by atoms with Crippen molar-refractivity contribution in [1.29, 1.82) is 0 Å². The SMILES string of the molecule is COC(=O)c1sccc1NC(=O)c1scnc1C(F)(F)F. The van der Waals surface area contributed by atoms with Crippen molar-refractivity contribution in [2.75, 3.05) is 12.4 Å². The van der Waals surface area contributed by atoms with Gasteiger partial charge in [-0.1, -0.05) is 0 Å². The van der Waals surface area contributed by atoms with Crippen molar-refractivity contribution < 1.29 is 27.5 Å². The van der Waals surface area contributed by atoms with E-state index in [1.165, 1.54) is 18.6 Å². The molecule has 0 aromatic carbocycles. The Hall–Kier alpha value is -1.94. The molecule has 0 atom stereocenters. The highest BCUT2D eigenvalue weighted by Crippen LogP contribution is 2.33. The van der Waals surface area contributed by atoms with Crippen LogP contribution in [0.3, 0.4) is 0 Å². The molecule has 5 nitrogen and oxygen atoms in total. The zero-order chi connectivity index (χ0) is 15.6. The van der Waals surface area contributed by atoms with Crippen LogP contribution in [0.4, 0.5) is 18.9 Å². The number of alkyl halides is 3. The first-order valence-electron chi connectivity index (χ1n) is 5.32. The molecule has 0 bridgehead atoms. The minimum atomic E-state index is -4.72. The van der Waals surface area contributed by atoms with Gasteiger partial charge in [0, 0.05) is 0 Å². The molecule has 0 saturated heterocycles. The molecule has 2 rings (SSSR count). The normalized spacial score (nSPS) is 11.2. The highest BCUT2D eigenvalue weighted by atomic mass is 32.1. The van der Waals surface area contributed by atoms with Crippen molar-refractivity contribution in [2.45, 2.75) is 6.18 Å². The molecule has 0 radical (unpaired) electrons. The minimum Gasteiger partial charge on any atom is -0.465 e. The van der Waals surface area contributed by atoms with Crippen molar-refractivity contribution in [3.05, 3.63) is 32.4 Å². The first kappa shape index (κ1) is 15.4. The van der Waals surface area contributed by atoms with E-state index in [0.717, 1.165) is 16.8 Å². The van der Waals surface area contributed by atoms with Gasteiger partial charge >= 0.3 is 12.1 Å². The molecule has 0 fully saturated rings. The Morgan fingerprint density at radius 2 is 2.00 bits per heavy atom. The lowest BCUT2D eigenvalue weighted by Crippen LogP contribution is -2.18. The Morgan fingerprint density at radius 1 is 1.29 bits per heavy atom. The molecular weight excluding hydrogens is 329 g/mol. The number of amides is 1. The lowest BCUT2D eigenvalue weighted by atomic mass is 10.3. The summed E-state index contributed by atoms with van der Waals surface area (Å²) in [4.78, 5) is 26.0. The van der Waals surface area contributed by atoms with Crippen LogP contribution in [0.15, 0.2) is 17.0 Å². The molecule has 2 heterocycles. The molecule has 10 heteroatoms. The maximum absolute atomic E-state index is 12.7. The smallest absolute Gasteiger partial charge is 0.434 e. The number of anilines is 1. The minimum absolute atomic E-state index is 0.0957. The van der Waals surface area contributed by atoms with Crippen molar-refractivity contribution in [1.82, 2.24) is 4.98 Å². The molecule has 0 saturated carbocycles. The van der Waals surface area contributed by atoms with Gasteiger partial charge in [0.05, 0.1) is 18.3 Å². The van der Waals surface area contributed by atoms with Crippen molar-refractivity contribution in [3.63, 3.8) is 0 Å². The van der Waals surface area contributed by atoms with Crippen LogP contribution >= 0.6 is 22.7 Å². The average Bonchev–Trinajstić information content (AvgIpc) is 3.05. The van der Waals surface area contributed by atoms with Crippen LogP contribution < -0.4 is 5.32 Å². The third-order valence-electron chi connectivity index (χ3n) is 2.33. The summed E-state index contributed by atoms with van der Waals surface area (Å²) in [6.07, 6.45) is -4.72. The zero-order valence-corrected chi connectivity index (χ0v) is 12.0. The summed E-state index contributed by atoms with van der Waals surface area (Å²) in [6, 6.07) is 1.41. The van der Waals surface area contributed by atoms with Crippen LogP contribution in [0, 0.1) is 0 Å². The van der Waals surface area contributed by atoms with E-state index in [2.05, 4.69) is 15.0 Å². The number of esters is 1. The standard InChI is InChI=1S/C11H7F3N2O3S2/c1-19-10(18)6-5(2-3-20-6)16-9(17)7-8(11(12,13)14)15-4-21-7/h2-4H,1H3,(H,16,17). The van der Waals surface area contributed by atoms with Gasteiger partial charge in [-0.05, 0) is 11.4 Å². The summed E-state index contributed by atoms with van der Waals surface area (Å²) >= 11 is 1.58. The molecule has 1 amide bonds. The predicted octanol–water partition coefficient (Wildman–Crippen LogP) is 3.26. The second-order valence-corrected chi connectivity index (χ2v) is 5.41. The fourth-order valence-corrected chi connectivity index (χ4v) is 2.91. The third-order valence-corrected chi connectivity index (χ3v) is 4.05. The van der Waals surface area contributed by atoms with E-state index in [4.69, 9.17) is 0 Å². The summed E-state index contributed by atoms with van der Waals surface area (Å²) < 4.78 is 42.5. The summed E-state index contributed by atoms with van der Waals surface area (Å²) in [5.41, 5.74) is -0.217. The zero-order valence-electron chi connectivity index (χ0n) is 10.4. The number of ether oxygens (including phenoxy) is 1. The Morgan fingerprint density at radius 3 is 2.62 bits per heavy atom. The summed E-state index contributed by atoms with van der Waals surface area (Å²) in [7, 11) is 1.17. The fraction of sp³-hybridized carbons (Fsp3) is 0.182. The Labute approximate surface area is 124 Å². The number of nitrogens with zero attached hydrogens (tertiary/aromatic N) is 1. The van der Waals surface area contributed by atoms with Crippen molar-refractivity contribution in [3.8, 4) is 0 Å². The monoisotopic (exact) mass is 336 g/mol. The largest absolute Gasteiger partial charge is 0.465 e. The molecule has 112 valence electrons. The van der Waals surface area contributed by atoms with E-state index in [0.29, 0.717) is 11.3 Å². The van der Waals surface area contributed by atoms with Crippen molar-refractivity contribution in [2.24, 2.45) is 0 Å². The Balaban J connectivity index is 2.26. The number of halogens is 3. The lowest BCUT2D eigenvalue weighted by Gasteiger charge is -2.07. The van der Waals surface area contributed by atoms with Crippen molar-refractivity contribution >= 4 is 40.2 Å². The van der Waals surface area contributed by atoms with Gasteiger partial charge in [-0.3, -0.25) is 4.79 Å². The second kappa shape index (κ2) is 5.82. The molecule has 2 aromatic heterocycles. The lowest BCUT2D eigenvalue weighted by molar-refractivity contribution is -0.141. The molecular formula is C11H7F3N2O3S2. The molecule has 0 aliphatic carbocycles. The number of aromatic nitrogens is 1. The number of thiophene rings is 1. The summed E-state index contributed by atoms with van der Waals surface area (Å²) in [6.45, 7) is 0. The number of nitrogens with one attached hydrogen (secondary N) is 1. The van der Waals surface area contributed by atoms with Crippen LogP contribution in [0.25, 0.3) is 0 Å². The van der Waals surface area contributed by atoms with Gasteiger partial charge < -0.3 is 10.1 Å². The summed E-state index contributed by atoms with van der Waals surface area (Å²) in [5, 5.41) is 3.77. The number of methoxy groups -OCH3 is 1. The number of thiazole rings is 1. The van der Waals surface area contributed by atoms with Gasteiger partial charge in [0.1, 0.15) is 9.75 Å². The maximum Gasteiger partial charge on any atom is 0.434 e. The first-order chi connectivity index (χ1) is 9.84. The van der Waals surface area contributed by atoms with Crippen LogP contribution in [-0.2, 0) is 10.9 Å². The van der Waals surface area contributed by atoms with Gasteiger partial charge in [-0.25, -0.2) is 9.78 Å². The number of carbonyl (C=O) groups is 2. The molecule has 1 N–H and O–H groups in total. The highest BCUT2D eigenvalue weighted by Gasteiger charge is 2.38. The Bertz CT molecular complexity index is 678. The van der Waals surface area contributed by atoms with E-state index in [9.17, 15) is 22.8 Å². The molecule has 21 heavy (non-hydrogen) atoms. The topological polar surface area (TPSA) is 68.3 Å². The number of carbonyl (C=O) groups excluding carboxylic acids is 2. The van der Waals surface area contributed by atoms with Gasteiger partial charge in [-0.15, -0.1) is 22.7 Å². The summed E-state index contributed by atoms with van der Waals surface area (Å²) in [5.74, 6) is -1.66. The van der Waals surface area contributed by atoms with Crippen LogP contribution in [0.5, 0.6) is 0 Å². The van der Waals surface area contributed by atoms with E-state index >= 15 is 0 Å². The van der Waals surface area contributed by atoms with E-state index in [1.54, 1.807) is 0 Å². The second-order valence-electron chi connectivity index (χ2n) is 3.64. The third kappa shape index (κ3) is 3.22. The van der Waals surface area contributed by atoms with E-state index < -0.39 is 28.6 Å². The Kier molecular flexibility index (Phi) is 4.28. The maximum atomic E-state index is 12.7. The van der Waals surface area contributed by atoms with Gasteiger partial charge in [0.15, 0.2) is 5.69 Å². The quantitative estimate of drug-likeness (QED) is 0.874. The molecule has 0 aliphatic heterocycles. The number of hydrogen-bond donors (Lipinski definition) is 1. The highest BCUT2D eigenvalue weighted by molar-refractivity contribution is 7.13. The van der Waals surface area contributed by atoms with Gasteiger partial charge in [0.25, 0.3) is 5.91 Å². The van der Waals surface area contributed by atoms with Gasteiger partial charge in [-0.2, -0.15) is 13.2 Å². The van der Waals surface area contributed by atoms with Crippen LogP contribution in [-0.4, -0.2) is 24.0 Å². The van der Waals surface area contributed by atoms with Crippen LogP contribution in [0.2, 0.25) is 0 Å². The first-order valence-corrected chi connectivity index (χ1v) is 7.08. The molecule has 0 spiro atoms. The molecule has 0 aliphatic rings. The molecule has 2 aromatic rings. The molecule has 0 unspecified atom stereocenters. The van der Waals surface area contributed by atoms with Crippen LogP contribution in [0.1, 0.15) is 25.0 Å². The van der Waals surface area contributed by atoms with E-state index in [1.807, 2.05) is 0 Å². The number of rotatable bonds is 3. The van der Waals surface area contributed by atoms with E-state index in [-0.39, 0.29) is 10.6 Å². The fourth-order valence-electron chi connectivity index (χ4n) is 1.45. The van der Waals surface area contributed by atoms with Gasteiger partial charge in [0.2, 0.25) is 0 Å². The average molecular weight is 336 g/mol. The number of hydrogen-bond acceptors (Lipinski definition) is 6. The predicted molar refractivity (Wildman–Crippen MR) is 70.7 cm³/mol.